The highest BCUT2D eigenvalue weighted by Gasteiger charge is 2.24. The van der Waals surface area contributed by atoms with E-state index in [-0.39, 0.29) is 23.0 Å². The summed E-state index contributed by atoms with van der Waals surface area (Å²) >= 11 is 2.59. The zero-order valence-electron chi connectivity index (χ0n) is 14.9. The lowest BCUT2D eigenvalue weighted by Gasteiger charge is -2.09. The van der Waals surface area contributed by atoms with Crippen LogP contribution in [-0.4, -0.2) is 11.7 Å². The minimum Gasteiger partial charge on any atom is -0.325 e. The maximum Gasteiger partial charge on any atom is 0.289 e. The first-order valence-electron chi connectivity index (χ1n) is 8.25. The number of hydrogen-bond acceptors (Lipinski definition) is 6. The number of rotatable bonds is 5. The first-order valence-corrected chi connectivity index (χ1v) is 10.1. The molecule has 2 aromatic heterocycles. The second kappa shape index (κ2) is 8.57. The molecule has 0 aliphatic carbocycles. The molecule has 0 spiro atoms. The van der Waals surface area contributed by atoms with Crippen molar-refractivity contribution in [2.75, 3.05) is 16.8 Å². The third-order valence-corrected chi connectivity index (χ3v) is 5.77. The monoisotopic (exact) mass is 406 g/mol. The molecule has 3 aromatic rings. The maximum atomic E-state index is 12.3. The molecule has 0 radical (unpaired) electrons. The highest BCUT2D eigenvalue weighted by atomic mass is 32.2. The van der Waals surface area contributed by atoms with E-state index in [9.17, 15) is 15.3 Å². The second-order valence-electron chi connectivity index (χ2n) is 5.90. The van der Waals surface area contributed by atoms with Gasteiger partial charge in [0, 0.05) is 16.1 Å². The highest BCUT2D eigenvalue weighted by Crippen LogP contribution is 2.35. The number of nitrogens with zero attached hydrogens (tertiary/aromatic N) is 2. The lowest BCUT2D eigenvalue weighted by Crippen LogP contribution is -2.20. The van der Waals surface area contributed by atoms with Crippen LogP contribution in [0.1, 0.15) is 16.7 Å². The molecule has 0 bridgehead atoms. The molecule has 0 aliphatic rings. The van der Waals surface area contributed by atoms with Crippen LogP contribution in [-0.2, 0) is 4.79 Å². The summed E-state index contributed by atoms with van der Waals surface area (Å²) in [5.74, 6) is 0.0638. The van der Waals surface area contributed by atoms with Crippen LogP contribution < -0.4 is 16.0 Å². The number of hydrogen-bond donors (Lipinski definition) is 2. The van der Waals surface area contributed by atoms with Crippen LogP contribution in [0.3, 0.4) is 0 Å². The molecular weight excluding hydrogens is 390 g/mol. The third kappa shape index (κ3) is 4.15. The number of aromatic nitrogens is 1. The van der Waals surface area contributed by atoms with Crippen molar-refractivity contribution in [1.82, 2.24) is 0 Å². The highest BCUT2D eigenvalue weighted by molar-refractivity contribution is 7.99. The SMILES string of the molecule is Cc1cccc(NC(=O)CSc2[nH+]c(N)c(C#N)c(-c3cccs3)c2C#N)c1. The number of aromatic amines is 1. The largest absolute Gasteiger partial charge is 0.325 e. The van der Waals surface area contributed by atoms with Crippen LogP contribution >= 0.6 is 23.1 Å². The normalized spacial score (nSPS) is 10.1. The molecule has 0 atom stereocenters. The molecule has 8 heteroatoms. The number of carbonyl (C=O) groups is 1. The zero-order valence-corrected chi connectivity index (χ0v) is 16.6. The molecule has 0 unspecified atom stereocenters. The van der Waals surface area contributed by atoms with Crippen LogP contribution in [0.2, 0.25) is 0 Å². The van der Waals surface area contributed by atoms with Gasteiger partial charge in [-0.25, -0.2) is 4.98 Å². The number of thioether (sulfide) groups is 1. The Hall–Kier alpha value is -3.33. The smallest absolute Gasteiger partial charge is 0.289 e. The number of pyridine rings is 1. The minimum atomic E-state index is -0.200. The predicted octanol–water partition coefficient (Wildman–Crippen LogP) is 3.59. The van der Waals surface area contributed by atoms with Gasteiger partial charge in [-0.05, 0) is 36.1 Å². The van der Waals surface area contributed by atoms with Gasteiger partial charge in [0.15, 0.2) is 10.6 Å². The fourth-order valence-electron chi connectivity index (χ4n) is 2.68. The number of nitrogens with two attached hydrogens (primary N) is 1. The van der Waals surface area contributed by atoms with E-state index in [0.717, 1.165) is 10.4 Å². The quantitative estimate of drug-likeness (QED) is 0.628. The summed E-state index contributed by atoms with van der Waals surface area (Å²) in [5.41, 5.74) is 8.81. The lowest BCUT2D eigenvalue weighted by molar-refractivity contribution is -0.410. The average Bonchev–Trinajstić information content (AvgIpc) is 3.20. The van der Waals surface area contributed by atoms with Gasteiger partial charge >= 0.3 is 0 Å². The fourth-order valence-corrected chi connectivity index (χ4v) is 4.28. The number of aryl methyl sites for hydroxylation is 1. The van der Waals surface area contributed by atoms with Crippen molar-refractivity contribution in [3.63, 3.8) is 0 Å². The fraction of sp³-hybridized carbons (Fsp3) is 0.100. The van der Waals surface area contributed by atoms with Gasteiger partial charge in [-0.15, -0.1) is 11.3 Å². The Morgan fingerprint density at radius 1 is 1.25 bits per heavy atom. The summed E-state index contributed by atoms with van der Waals surface area (Å²) in [7, 11) is 0. The summed E-state index contributed by atoms with van der Waals surface area (Å²) in [5, 5.41) is 24.4. The summed E-state index contributed by atoms with van der Waals surface area (Å²) < 4.78 is 0. The summed E-state index contributed by atoms with van der Waals surface area (Å²) in [6, 6.07) is 15.4. The Morgan fingerprint density at radius 3 is 2.68 bits per heavy atom. The number of H-pyrrole nitrogens is 1. The van der Waals surface area contributed by atoms with Gasteiger partial charge in [-0.2, -0.15) is 10.5 Å². The molecule has 1 aromatic carbocycles. The topological polar surface area (TPSA) is 117 Å². The van der Waals surface area contributed by atoms with Crippen molar-refractivity contribution in [2.45, 2.75) is 11.9 Å². The van der Waals surface area contributed by atoms with Crippen molar-refractivity contribution in [3.05, 3.63) is 58.5 Å². The van der Waals surface area contributed by atoms with E-state index in [1.165, 1.54) is 23.1 Å². The minimum absolute atomic E-state index is 0.0916. The molecule has 1 amide bonds. The zero-order chi connectivity index (χ0) is 20.1. The van der Waals surface area contributed by atoms with E-state index >= 15 is 0 Å². The van der Waals surface area contributed by atoms with E-state index in [4.69, 9.17) is 5.73 Å². The standard InChI is InChI=1S/C20H15N5OS2/c1-12-4-2-5-13(8-12)24-17(26)11-28-20-15(10-22)18(16-6-3-7-27-16)14(9-21)19(23)25-20/h2-8H,11H2,1H3,(H2,23,25)(H,24,26)/p+1. The van der Waals surface area contributed by atoms with Crippen LogP contribution in [0.25, 0.3) is 10.4 Å². The molecule has 0 fully saturated rings. The molecule has 28 heavy (non-hydrogen) atoms. The Kier molecular flexibility index (Phi) is 5.95. The van der Waals surface area contributed by atoms with Crippen molar-refractivity contribution >= 4 is 40.5 Å². The molecule has 3 rings (SSSR count). The van der Waals surface area contributed by atoms with Crippen LogP contribution in [0.15, 0.2) is 46.8 Å². The van der Waals surface area contributed by atoms with Gasteiger partial charge in [-0.1, -0.05) is 30.0 Å². The number of amides is 1. The molecule has 0 saturated heterocycles. The molecule has 0 saturated carbocycles. The van der Waals surface area contributed by atoms with Gasteiger partial charge in [-0.3, -0.25) is 10.5 Å². The van der Waals surface area contributed by atoms with Crippen LogP contribution in [0.5, 0.6) is 0 Å². The van der Waals surface area contributed by atoms with E-state index in [0.29, 0.717) is 21.8 Å². The number of thiophene rings is 1. The molecule has 2 heterocycles. The van der Waals surface area contributed by atoms with Gasteiger partial charge in [0.2, 0.25) is 5.91 Å². The Labute approximate surface area is 170 Å². The van der Waals surface area contributed by atoms with Crippen LogP contribution in [0, 0.1) is 29.6 Å². The van der Waals surface area contributed by atoms with E-state index in [2.05, 4.69) is 22.4 Å². The third-order valence-electron chi connectivity index (χ3n) is 3.89. The van der Waals surface area contributed by atoms with Crippen molar-refractivity contribution in [3.8, 4) is 22.6 Å². The summed E-state index contributed by atoms with van der Waals surface area (Å²) in [6.45, 7) is 1.95. The number of nitriles is 2. The summed E-state index contributed by atoms with van der Waals surface area (Å²) in [6.07, 6.45) is 0. The van der Waals surface area contributed by atoms with Crippen molar-refractivity contribution in [1.29, 1.82) is 10.5 Å². The number of benzene rings is 1. The van der Waals surface area contributed by atoms with Gasteiger partial charge < -0.3 is 5.32 Å². The number of nitrogen functional groups attached to an aromatic ring is 1. The summed E-state index contributed by atoms with van der Waals surface area (Å²) in [4.78, 5) is 16.0. The van der Waals surface area contributed by atoms with E-state index in [1.54, 1.807) is 0 Å². The molecule has 0 aliphatic heterocycles. The van der Waals surface area contributed by atoms with E-state index in [1.807, 2.05) is 48.7 Å². The van der Waals surface area contributed by atoms with Gasteiger partial charge in [0.25, 0.3) is 5.82 Å². The van der Waals surface area contributed by atoms with Crippen molar-refractivity contribution in [2.24, 2.45) is 0 Å². The molecule has 138 valence electrons. The first-order chi connectivity index (χ1) is 13.5. The maximum absolute atomic E-state index is 12.3. The Balaban J connectivity index is 1.87. The van der Waals surface area contributed by atoms with Crippen molar-refractivity contribution < 1.29 is 9.78 Å². The Bertz CT molecular complexity index is 1110. The Morgan fingerprint density at radius 2 is 2.04 bits per heavy atom. The van der Waals surface area contributed by atoms with Crippen LogP contribution in [0.4, 0.5) is 11.5 Å². The van der Waals surface area contributed by atoms with E-state index < -0.39 is 0 Å². The van der Waals surface area contributed by atoms with Gasteiger partial charge in [0.1, 0.15) is 17.7 Å². The number of carbonyl (C=O) groups excluding carboxylic acids is 1. The first kappa shape index (κ1) is 19.4. The predicted molar refractivity (Wildman–Crippen MR) is 111 cm³/mol. The van der Waals surface area contributed by atoms with Gasteiger partial charge in [0.05, 0.1) is 5.75 Å². The second-order valence-corrected chi connectivity index (χ2v) is 7.83. The molecule has 6 nitrogen and oxygen atoms in total. The molecular formula is C20H16N5OS2+. The average molecular weight is 407 g/mol. The molecule has 4 N–H and O–H groups in total. The lowest BCUT2D eigenvalue weighted by atomic mass is 10.0. The number of anilines is 2. The number of nitrogens with one attached hydrogen (secondary N) is 2.